The summed E-state index contributed by atoms with van der Waals surface area (Å²) in [4.78, 5) is 44.1. The summed E-state index contributed by atoms with van der Waals surface area (Å²) >= 11 is 0. The summed E-state index contributed by atoms with van der Waals surface area (Å²) in [5.41, 5.74) is 1.74. The van der Waals surface area contributed by atoms with Gasteiger partial charge >= 0.3 is 0 Å². The molecule has 2 bridgehead atoms. The molecule has 2 aliphatic rings. The van der Waals surface area contributed by atoms with Crippen molar-refractivity contribution in [1.29, 1.82) is 0 Å². The van der Waals surface area contributed by atoms with Crippen LogP contribution in [0.25, 0.3) is 0 Å². The molecule has 4 heterocycles. The zero-order chi connectivity index (χ0) is 22.2. The molecule has 32 heavy (non-hydrogen) atoms. The molecule has 2 aromatic heterocycles. The minimum Gasteiger partial charge on any atom is -0.338 e. The number of benzene rings is 1. The number of likely N-dealkylation sites (tertiary alicyclic amines) is 1. The second-order valence-electron chi connectivity index (χ2n) is 8.29. The second kappa shape index (κ2) is 8.03. The quantitative estimate of drug-likeness (QED) is 0.690. The Kier molecular flexibility index (Phi) is 5.05. The molecule has 1 aromatic carbocycles. The molecular formula is C24H21FN4O3. The summed E-state index contributed by atoms with van der Waals surface area (Å²) in [6.07, 6.45) is 3.94. The van der Waals surface area contributed by atoms with Crippen LogP contribution in [-0.2, 0) is 6.54 Å². The molecule has 1 N–H and O–H groups in total. The third kappa shape index (κ3) is 3.68. The SMILES string of the molecule is O=C(Nc1ccc2n(c1=O)CC1CC2CN(C(=O)c2ccc(F)cc2)C1)c1ccncc1. The number of carbonyl (C=O) groups excluding carboxylic acids is 2. The number of amides is 2. The number of halogens is 1. The van der Waals surface area contributed by atoms with Crippen LogP contribution in [-0.4, -0.2) is 39.4 Å². The summed E-state index contributed by atoms with van der Waals surface area (Å²) in [6, 6.07) is 12.2. The number of aromatic nitrogens is 2. The zero-order valence-electron chi connectivity index (χ0n) is 17.2. The third-order valence-electron chi connectivity index (χ3n) is 6.17. The van der Waals surface area contributed by atoms with E-state index in [4.69, 9.17) is 0 Å². The number of nitrogens with one attached hydrogen (secondary N) is 1. The van der Waals surface area contributed by atoms with Crippen molar-refractivity contribution in [2.75, 3.05) is 18.4 Å². The fourth-order valence-corrected chi connectivity index (χ4v) is 4.68. The number of nitrogens with zero attached hydrogens (tertiary/aromatic N) is 3. The Morgan fingerprint density at radius 3 is 2.44 bits per heavy atom. The Morgan fingerprint density at radius 2 is 1.69 bits per heavy atom. The molecule has 0 aliphatic carbocycles. The summed E-state index contributed by atoms with van der Waals surface area (Å²) in [7, 11) is 0. The van der Waals surface area contributed by atoms with Gasteiger partial charge in [-0.05, 0) is 60.9 Å². The van der Waals surface area contributed by atoms with Gasteiger partial charge in [-0.3, -0.25) is 19.4 Å². The van der Waals surface area contributed by atoms with Crippen LogP contribution in [0, 0.1) is 11.7 Å². The van der Waals surface area contributed by atoms with Crippen molar-refractivity contribution in [1.82, 2.24) is 14.5 Å². The molecule has 5 rings (SSSR count). The van der Waals surface area contributed by atoms with Gasteiger partial charge in [-0.2, -0.15) is 0 Å². The van der Waals surface area contributed by atoms with Crippen LogP contribution >= 0.6 is 0 Å². The lowest BCUT2D eigenvalue weighted by Gasteiger charge is -2.43. The molecule has 2 atom stereocenters. The van der Waals surface area contributed by atoms with E-state index in [2.05, 4.69) is 10.3 Å². The number of fused-ring (bicyclic) bond motifs is 4. The van der Waals surface area contributed by atoms with Crippen molar-refractivity contribution in [2.45, 2.75) is 18.9 Å². The first-order valence-corrected chi connectivity index (χ1v) is 10.5. The van der Waals surface area contributed by atoms with Gasteiger partial charge in [0.25, 0.3) is 17.4 Å². The van der Waals surface area contributed by atoms with E-state index in [0.29, 0.717) is 30.8 Å². The first kappa shape index (κ1) is 20.1. The maximum atomic E-state index is 13.2. The maximum absolute atomic E-state index is 13.2. The van der Waals surface area contributed by atoms with Crippen LogP contribution < -0.4 is 10.9 Å². The van der Waals surface area contributed by atoms with Crippen LogP contribution in [0.15, 0.2) is 65.7 Å². The Bertz CT molecular complexity index is 1240. The highest BCUT2D eigenvalue weighted by Gasteiger charge is 2.37. The molecule has 2 unspecified atom stereocenters. The van der Waals surface area contributed by atoms with Crippen molar-refractivity contribution in [3.8, 4) is 0 Å². The number of pyridine rings is 2. The smallest absolute Gasteiger partial charge is 0.274 e. The predicted octanol–water partition coefficient (Wildman–Crippen LogP) is 2.89. The standard InChI is InChI=1S/C24H21FN4O3/c25-19-3-1-17(2-4-19)23(31)28-12-15-11-18(14-28)21-6-5-20(24(32)29(21)13-15)27-22(30)16-7-9-26-10-8-16/h1-10,15,18H,11-14H2,(H,27,30). The fraction of sp³-hybridized carbons (Fsp3) is 0.250. The van der Waals surface area contributed by atoms with Crippen LogP contribution in [0.2, 0.25) is 0 Å². The predicted molar refractivity (Wildman–Crippen MR) is 116 cm³/mol. The van der Waals surface area contributed by atoms with Crippen LogP contribution in [0.4, 0.5) is 10.1 Å². The normalized spacial score (nSPS) is 19.2. The van der Waals surface area contributed by atoms with Gasteiger partial charge in [0.15, 0.2) is 0 Å². The van der Waals surface area contributed by atoms with Crippen LogP contribution in [0.5, 0.6) is 0 Å². The highest BCUT2D eigenvalue weighted by atomic mass is 19.1. The molecule has 1 saturated heterocycles. The van der Waals surface area contributed by atoms with E-state index in [1.165, 1.54) is 36.7 Å². The minimum atomic E-state index is -0.378. The number of rotatable bonds is 3. The molecule has 3 aromatic rings. The van der Waals surface area contributed by atoms with Crippen molar-refractivity contribution >= 4 is 17.5 Å². The van der Waals surface area contributed by atoms with Crippen LogP contribution in [0.3, 0.4) is 0 Å². The lowest BCUT2D eigenvalue weighted by molar-refractivity contribution is 0.0594. The average Bonchev–Trinajstić information content (AvgIpc) is 2.81. The fourth-order valence-electron chi connectivity index (χ4n) is 4.68. The molecule has 7 nitrogen and oxygen atoms in total. The lowest BCUT2D eigenvalue weighted by Crippen LogP contribution is -2.49. The number of carbonyl (C=O) groups is 2. The molecule has 1 fully saturated rings. The first-order chi connectivity index (χ1) is 15.5. The van der Waals surface area contributed by atoms with Crippen molar-refractivity contribution in [2.24, 2.45) is 5.92 Å². The molecule has 8 heteroatoms. The van der Waals surface area contributed by atoms with Gasteiger partial charge in [-0.1, -0.05) is 0 Å². The van der Waals surface area contributed by atoms with E-state index in [-0.39, 0.29) is 40.7 Å². The Labute approximate surface area is 183 Å². The number of piperidine rings is 1. The number of anilines is 1. The molecule has 0 saturated carbocycles. The third-order valence-corrected chi connectivity index (χ3v) is 6.17. The van der Waals surface area contributed by atoms with Gasteiger partial charge in [0.05, 0.1) is 0 Å². The van der Waals surface area contributed by atoms with Crippen molar-refractivity contribution < 1.29 is 14.0 Å². The summed E-state index contributed by atoms with van der Waals surface area (Å²) in [6.45, 7) is 1.51. The highest BCUT2D eigenvalue weighted by molar-refractivity contribution is 6.04. The van der Waals surface area contributed by atoms with E-state index in [9.17, 15) is 18.8 Å². The molecular weight excluding hydrogens is 411 g/mol. The van der Waals surface area contributed by atoms with Gasteiger partial charge in [-0.15, -0.1) is 0 Å². The number of hydrogen-bond acceptors (Lipinski definition) is 4. The van der Waals surface area contributed by atoms with Crippen molar-refractivity contribution in [3.05, 3.63) is 93.9 Å². The molecule has 0 radical (unpaired) electrons. The first-order valence-electron chi connectivity index (χ1n) is 10.5. The topological polar surface area (TPSA) is 84.3 Å². The Hall–Kier alpha value is -3.81. The van der Waals surface area contributed by atoms with E-state index >= 15 is 0 Å². The Balaban J connectivity index is 1.37. The monoisotopic (exact) mass is 432 g/mol. The van der Waals surface area contributed by atoms with E-state index in [1.54, 1.807) is 27.7 Å². The second-order valence-corrected chi connectivity index (χ2v) is 8.29. The maximum Gasteiger partial charge on any atom is 0.274 e. The molecule has 2 amide bonds. The van der Waals surface area contributed by atoms with Gasteiger partial charge in [0.1, 0.15) is 11.5 Å². The summed E-state index contributed by atoms with van der Waals surface area (Å²) in [5.74, 6) is -0.704. The van der Waals surface area contributed by atoms with Crippen LogP contribution in [0.1, 0.15) is 38.7 Å². The van der Waals surface area contributed by atoms with Crippen molar-refractivity contribution in [3.63, 3.8) is 0 Å². The van der Waals surface area contributed by atoms with E-state index in [0.717, 1.165) is 12.1 Å². The van der Waals surface area contributed by atoms with Gasteiger partial charge < -0.3 is 14.8 Å². The highest BCUT2D eigenvalue weighted by Crippen LogP contribution is 2.36. The number of hydrogen-bond donors (Lipinski definition) is 1. The zero-order valence-corrected chi connectivity index (χ0v) is 17.2. The van der Waals surface area contributed by atoms with Gasteiger partial charge in [-0.25, -0.2) is 4.39 Å². The van der Waals surface area contributed by atoms with Gasteiger partial charge in [0, 0.05) is 54.8 Å². The largest absolute Gasteiger partial charge is 0.338 e. The van der Waals surface area contributed by atoms with E-state index in [1.807, 2.05) is 6.07 Å². The Morgan fingerprint density at radius 1 is 0.938 bits per heavy atom. The lowest BCUT2D eigenvalue weighted by atomic mass is 9.83. The average molecular weight is 432 g/mol. The summed E-state index contributed by atoms with van der Waals surface area (Å²) < 4.78 is 14.9. The molecule has 0 spiro atoms. The van der Waals surface area contributed by atoms with Gasteiger partial charge in [0.2, 0.25) is 0 Å². The molecule has 162 valence electrons. The van der Waals surface area contributed by atoms with E-state index < -0.39 is 0 Å². The minimum absolute atomic E-state index is 0.0320. The summed E-state index contributed by atoms with van der Waals surface area (Å²) in [5, 5.41) is 2.70. The molecule has 2 aliphatic heterocycles.